The number of furan rings is 1. The van der Waals surface area contributed by atoms with Crippen LogP contribution in [0.3, 0.4) is 0 Å². The maximum atomic E-state index is 9.81. The number of aromatic hydroxyl groups is 1. The molecule has 1 heterocycles. The molecule has 1 aromatic heterocycles. The molecule has 0 aliphatic carbocycles. The van der Waals surface area contributed by atoms with E-state index in [2.05, 4.69) is 0 Å². The fourth-order valence-electron chi connectivity index (χ4n) is 1.41. The van der Waals surface area contributed by atoms with Gasteiger partial charge in [0.05, 0.1) is 7.11 Å². The molecular weight excluding hydrogens is 180 g/mol. The molecule has 0 fully saturated rings. The predicted molar refractivity (Wildman–Crippen MR) is 55.1 cm³/mol. The Morgan fingerprint density at radius 2 is 1.57 bits per heavy atom. The minimum atomic E-state index is 0.145. The van der Waals surface area contributed by atoms with Gasteiger partial charge < -0.3 is 14.3 Å². The minimum absolute atomic E-state index is 0.145. The Kier molecular flexibility index (Phi) is 3.09. The van der Waals surface area contributed by atoms with Gasteiger partial charge in [0.15, 0.2) is 11.5 Å². The van der Waals surface area contributed by atoms with Crippen LogP contribution in [-0.2, 0) is 0 Å². The molecule has 3 nitrogen and oxygen atoms in total. The molecule has 80 valence electrons. The quantitative estimate of drug-likeness (QED) is 0.810. The first-order valence-corrected chi connectivity index (χ1v) is 4.88. The van der Waals surface area contributed by atoms with Gasteiger partial charge in [0.1, 0.15) is 0 Å². The van der Waals surface area contributed by atoms with E-state index < -0.39 is 0 Å². The average Bonchev–Trinajstić information content (AvgIpc) is 2.42. The Balaban J connectivity index is 3.24. The largest absolute Gasteiger partial charge is 0.502 e. The van der Waals surface area contributed by atoms with Crippen molar-refractivity contribution in [3.63, 3.8) is 0 Å². The van der Waals surface area contributed by atoms with Gasteiger partial charge in [-0.25, -0.2) is 0 Å². The molecule has 0 amide bonds. The lowest BCUT2D eigenvalue weighted by atomic mass is 10.1. The van der Waals surface area contributed by atoms with Gasteiger partial charge >= 0.3 is 0 Å². The van der Waals surface area contributed by atoms with Crippen LogP contribution < -0.4 is 4.74 Å². The lowest BCUT2D eigenvalue weighted by molar-refractivity contribution is 0.365. The third kappa shape index (κ3) is 1.72. The van der Waals surface area contributed by atoms with E-state index in [1.54, 1.807) is 7.11 Å². The first-order chi connectivity index (χ1) is 6.49. The van der Waals surface area contributed by atoms with E-state index in [1.807, 2.05) is 27.7 Å². The van der Waals surface area contributed by atoms with E-state index in [-0.39, 0.29) is 17.6 Å². The van der Waals surface area contributed by atoms with Crippen molar-refractivity contribution in [1.29, 1.82) is 0 Å². The summed E-state index contributed by atoms with van der Waals surface area (Å²) >= 11 is 0. The van der Waals surface area contributed by atoms with Crippen molar-refractivity contribution >= 4 is 0 Å². The van der Waals surface area contributed by atoms with Crippen molar-refractivity contribution in [2.75, 3.05) is 7.11 Å². The van der Waals surface area contributed by atoms with Crippen LogP contribution in [0.1, 0.15) is 51.1 Å². The van der Waals surface area contributed by atoms with E-state index in [4.69, 9.17) is 9.15 Å². The van der Waals surface area contributed by atoms with Gasteiger partial charge in [-0.1, -0.05) is 27.7 Å². The van der Waals surface area contributed by atoms with Crippen molar-refractivity contribution in [3.05, 3.63) is 11.5 Å². The smallest absolute Gasteiger partial charge is 0.203 e. The highest BCUT2D eigenvalue weighted by Gasteiger charge is 2.24. The highest BCUT2D eigenvalue weighted by molar-refractivity contribution is 5.47. The van der Waals surface area contributed by atoms with Crippen LogP contribution in [0.2, 0.25) is 0 Å². The highest BCUT2D eigenvalue weighted by atomic mass is 16.5. The Morgan fingerprint density at radius 1 is 1.07 bits per heavy atom. The van der Waals surface area contributed by atoms with Crippen LogP contribution in [0.5, 0.6) is 11.5 Å². The summed E-state index contributed by atoms with van der Waals surface area (Å²) in [5.41, 5.74) is 0. The molecule has 0 aliphatic rings. The van der Waals surface area contributed by atoms with Crippen LogP contribution in [0.4, 0.5) is 0 Å². The molecule has 0 aliphatic heterocycles. The number of hydrogen-bond donors (Lipinski definition) is 1. The summed E-state index contributed by atoms with van der Waals surface area (Å²) in [6, 6.07) is 0. The van der Waals surface area contributed by atoms with E-state index in [0.717, 1.165) is 0 Å². The fraction of sp³-hybridized carbons (Fsp3) is 0.636. The molecule has 14 heavy (non-hydrogen) atoms. The lowest BCUT2D eigenvalue weighted by Gasteiger charge is -2.02. The molecule has 1 rings (SSSR count). The fourth-order valence-corrected chi connectivity index (χ4v) is 1.41. The van der Waals surface area contributed by atoms with E-state index in [9.17, 15) is 5.11 Å². The maximum Gasteiger partial charge on any atom is 0.203 e. The summed E-state index contributed by atoms with van der Waals surface area (Å²) in [4.78, 5) is 0. The molecule has 0 aromatic carbocycles. The zero-order valence-corrected chi connectivity index (χ0v) is 9.42. The Labute approximate surface area is 84.7 Å². The number of hydrogen-bond acceptors (Lipinski definition) is 3. The SMILES string of the molecule is COc1c(C(C)C)oc(C(C)C)c1O. The van der Waals surface area contributed by atoms with Crippen LogP contribution in [-0.4, -0.2) is 12.2 Å². The normalized spacial score (nSPS) is 11.4. The summed E-state index contributed by atoms with van der Waals surface area (Å²) in [6.45, 7) is 7.96. The predicted octanol–water partition coefficient (Wildman–Crippen LogP) is 3.24. The molecular formula is C11H18O3. The zero-order valence-electron chi connectivity index (χ0n) is 9.42. The van der Waals surface area contributed by atoms with E-state index >= 15 is 0 Å². The molecule has 0 saturated carbocycles. The number of methoxy groups -OCH3 is 1. The monoisotopic (exact) mass is 198 g/mol. The summed E-state index contributed by atoms with van der Waals surface area (Å²) in [5, 5.41) is 9.81. The Bertz CT molecular complexity index is 311. The molecule has 0 atom stereocenters. The van der Waals surface area contributed by atoms with E-state index in [0.29, 0.717) is 17.3 Å². The summed E-state index contributed by atoms with van der Waals surface area (Å²) in [7, 11) is 1.54. The molecule has 1 N–H and O–H groups in total. The molecule has 0 saturated heterocycles. The second-order valence-electron chi connectivity index (χ2n) is 4.02. The number of rotatable bonds is 3. The van der Waals surface area contributed by atoms with Crippen molar-refractivity contribution in [1.82, 2.24) is 0 Å². The topological polar surface area (TPSA) is 42.6 Å². The van der Waals surface area contributed by atoms with Crippen LogP contribution in [0, 0.1) is 0 Å². The van der Waals surface area contributed by atoms with E-state index in [1.165, 1.54) is 0 Å². The van der Waals surface area contributed by atoms with Gasteiger partial charge in [-0.05, 0) is 0 Å². The van der Waals surface area contributed by atoms with Gasteiger partial charge in [0.2, 0.25) is 11.5 Å². The maximum absolute atomic E-state index is 9.81. The second kappa shape index (κ2) is 3.95. The minimum Gasteiger partial charge on any atom is -0.502 e. The van der Waals surface area contributed by atoms with Crippen molar-refractivity contribution < 1.29 is 14.3 Å². The van der Waals surface area contributed by atoms with Crippen LogP contribution >= 0.6 is 0 Å². The first kappa shape index (κ1) is 11.0. The average molecular weight is 198 g/mol. The first-order valence-electron chi connectivity index (χ1n) is 4.88. The van der Waals surface area contributed by atoms with Crippen LogP contribution in [0.15, 0.2) is 4.42 Å². The van der Waals surface area contributed by atoms with Crippen molar-refractivity contribution in [3.8, 4) is 11.5 Å². The van der Waals surface area contributed by atoms with Gasteiger partial charge in [0, 0.05) is 11.8 Å². The van der Waals surface area contributed by atoms with Gasteiger partial charge in [-0.3, -0.25) is 0 Å². The Hall–Kier alpha value is -1.12. The zero-order chi connectivity index (χ0) is 10.9. The molecule has 0 radical (unpaired) electrons. The van der Waals surface area contributed by atoms with Crippen molar-refractivity contribution in [2.45, 2.75) is 39.5 Å². The van der Waals surface area contributed by atoms with Crippen LogP contribution in [0.25, 0.3) is 0 Å². The van der Waals surface area contributed by atoms with Gasteiger partial charge in [-0.15, -0.1) is 0 Å². The molecule has 1 aromatic rings. The van der Waals surface area contributed by atoms with Crippen molar-refractivity contribution in [2.24, 2.45) is 0 Å². The molecule has 0 unspecified atom stereocenters. The highest BCUT2D eigenvalue weighted by Crippen LogP contribution is 2.43. The molecule has 0 bridgehead atoms. The summed E-state index contributed by atoms with van der Waals surface area (Å²) in [5.74, 6) is 2.31. The summed E-state index contributed by atoms with van der Waals surface area (Å²) in [6.07, 6.45) is 0. The molecule has 3 heteroatoms. The Morgan fingerprint density at radius 3 is 1.86 bits per heavy atom. The standard InChI is InChI=1S/C11H18O3/c1-6(2)9-8(12)11(13-5)10(14-9)7(3)4/h6-7,12H,1-5H3. The molecule has 0 spiro atoms. The number of ether oxygens (including phenoxy) is 1. The summed E-state index contributed by atoms with van der Waals surface area (Å²) < 4.78 is 10.7. The second-order valence-corrected chi connectivity index (χ2v) is 4.02. The third-order valence-electron chi connectivity index (χ3n) is 2.15. The van der Waals surface area contributed by atoms with Gasteiger partial charge in [-0.2, -0.15) is 0 Å². The van der Waals surface area contributed by atoms with Gasteiger partial charge in [0.25, 0.3) is 0 Å². The third-order valence-corrected chi connectivity index (χ3v) is 2.15. The lowest BCUT2D eigenvalue weighted by Crippen LogP contribution is -1.89.